The quantitative estimate of drug-likeness (QED) is 0.557. The number of unbranched alkanes of at least 4 members (excludes halogenated alkanes) is 1. The molecule has 5 nitrogen and oxygen atoms in total. The average molecular weight is 382 g/mol. The summed E-state index contributed by atoms with van der Waals surface area (Å²) in [4.78, 5) is 29.0. The van der Waals surface area contributed by atoms with Crippen LogP contribution in [0.4, 0.5) is 0 Å². The van der Waals surface area contributed by atoms with Gasteiger partial charge in [-0.3, -0.25) is 9.59 Å². The Labute approximate surface area is 168 Å². The fraction of sp³-hybridized carbons (Fsp3) is 0.391. The minimum Gasteiger partial charge on any atom is -0.353 e. The molecule has 28 heavy (non-hydrogen) atoms. The van der Waals surface area contributed by atoms with Crippen LogP contribution in [0.25, 0.3) is 0 Å². The number of hydrogen-bond acceptors (Lipinski definition) is 2. The van der Waals surface area contributed by atoms with Gasteiger partial charge in [-0.2, -0.15) is 0 Å². The summed E-state index contributed by atoms with van der Waals surface area (Å²) in [6, 6.07) is 13.9. The topological polar surface area (TPSA) is 45.6 Å². The van der Waals surface area contributed by atoms with Crippen LogP contribution in [0, 0.1) is 0 Å². The molecule has 0 spiro atoms. The number of carbonyl (C=O) groups is 2. The minimum absolute atomic E-state index is 0.00799. The molecule has 0 N–H and O–H groups in total. The fourth-order valence-electron chi connectivity index (χ4n) is 3.05. The third-order valence-corrected chi connectivity index (χ3v) is 4.75. The number of hydrogen-bond donors (Lipinski definition) is 0. The van der Waals surface area contributed by atoms with E-state index in [9.17, 15) is 9.59 Å². The van der Waals surface area contributed by atoms with E-state index in [1.165, 1.54) is 0 Å². The molecule has 1 aromatic heterocycles. The molecule has 150 valence electrons. The van der Waals surface area contributed by atoms with E-state index in [4.69, 9.17) is 0 Å². The Kier molecular flexibility index (Phi) is 8.53. The summed E-state index contributed by atoms with van der Waals surface area (Å²) >= 11 is 0. The first-order valence-electron chi connectivity index (χ1n) is 9.85. The summed E-state index contributed by atoms with van der Waals surface area (Å²) in [7, 11) is 1.97. The number of nitrogens with zero attached hydrogens (tertiary/aromatic N) is 3. The van der Waals surface area contributed by atoms with E-state index < -0.39 is 0 Å². The molecule has 1 heterocycles. The van der Waals surface area contributed by atoms with E-state index in [1.807, 2.05) is 65.2 Å². The second-order valence-corrected chi connectivity index (χ2v) is 7.01. The first-order valence-corrected chi connectivity index (χ1v) is 9.85. The summed E-state index contributed by atoms with van der Waals surface area (Å²) in [6.07, 6.45) is 5.90. The summed E-state index contributed by atoms with van der Waals surface area (Å²) < 4.78 is 2.01. The van der Waals surface area contributed by atoms with Crippen molar-refractivity contribution in [1.29, 1.82) is 0 Å². The highest BCUT2D eigenvalue weighted by atomic mass is 16.2. The molecule has 0 radical (unpaired) electrons. The lowest BCUT2D eigenvalue weighted by molar-refractivity contribution is -0.141. The number of rotatable bonds is 11. The van der Waals surface area contributed by atoms with Crippen LogP contribution in [0.3, 0.4) is 0 Å². The van der Waals surface area contributed by atoms with Crippen molar-refractivity contribution in [2.45, 2.75) is 39.3 Å². The predicted molar refractivity (Wildman–Crippen MR) is 112 cm³/mol. The molecule has 0 aliphatic heterocycles. The zero-order valence-corrected chi connectivity index (χ0v) is 17.0. The van der Waals surface area contributed by atoms with Crippen LogP contribution in [-0.2, 0) is 29.7 Å². The van der Waals surface area contributed by atoms with Crippen LogP contribution in [0.2, 0.25) is 0 Å². The predicted octanol–water partition coefficient (Wildman–Crippen LogP) is 3.76. The van der Waals surface area contributed by atoms with Crippen molar-refractivity contribution in [2.24, 2.45) is 7.05 Å². The molecule has 5 heteroatoms. The molecule has 2 rings (SSSR count). The third kappa shape index (κ3) is 6.41. The van der Waals surface area contributed by atoms with E-state index in [0.29, 0.717) is 26.1 Å². The first-order chi connectivity index (χ1) is 13.5. The first kappa shape index (κ1) is 21.5. The van der Waals surface area contributed by atoms with Crippen LogP contribution in [0.15, 0.2) is 61.3 Å². The van der Waals surface area contributed by atoms with E-state index in [-0.39, 0.29) is 18.4 Å². The summed E-state index contributed by atoms with van der Waals surface area (Å²) in [5.74, 6) is -0.0506. The number of carbonyl (C=O) groups excluding carboxylic acids is 2. The monoisotopic (exact) mass is 381 g/mol. The van der Waals surface area contributed by atoms with Gasteiger partial charge in [-0.15, -0.1) is 6.58 Å². The van der Waals surface area contributed by atoms with Crippen LogP contribution in [-0.4, -0.2) is 39.3 Å². The zero-order valence-electron chi connectivity index (χ0n) is 17.0. The van der Waals surface area contributed by atoms with Crippen LogP contribution in [0.1, 0.15) is 37.4 Å². The normalized spacial score (nSPS) is 10.5. The van der Waals surface area contributed by atoms with Crippen molar-refractivity contribution in [2.75, 3.05) is 13.1 Å². The summed E-state index contributed by atoms with van der Waals surface area (Å²) in [5, 5.41) is 0. The Bertz CT molecular complexity index is 767. The molecule has 0 atom stereocenters. The Balaban J connectivity index is 2.15. The standard InChI is InChI=1S/C23H31N3O2/c1-4-6-14-22(27)25(15-5-2)19-23(28)26(17-20-11-8-7-9-12-20)18-21-13-10-16-24(21)3/h5,7-13,16H,2,4,6,14-15,17-19H2,1,3H3. The van der Waals surface area contributed by atoms with E-state index in [0.717, 1.165) is 24.1 Å². The second kappa shape index (κ2) is 11.1. The van der Waals surface area contributed by atoms with E-state index in [1.54, 1.807) is 11.0 Å². The van der Waals surface area contributed by atoms with Crippen LogP contribution < -0.4 is 0 Å². The van der Waals surface area contributed by atoms with Gasteiger partial charge in [0.1, 0.15) is 6.54 Å². The lowest BCUT2D eigenvalue weighted by Gasteiger charge is -2.27. The highest BCUT2D eigenvalue weighted by molar-refractivity contribution is 5.85. The van der Waals surface area contributed by atoms with Gasteiger partial charge in [-0.25, -0.2) is 0 Å². The fourth-order valence-corrected chi connectivity index (χ4v) is 3.05. The van der Waals surface area contributed by atoms with Crippen molar-refractivity contribution in [3.8, 4) is 0 Å². The summed E-state index contributed by atoms with van der Waals surface area (Å²) in [6.45, 7) is 7.26. The van der Waals surface area contributed by atoms with Crippen molar-refractivity contribution in [3.63, 3.8) is 0 Å². The molecule has 0 aliphatic carbocycles. The highest BCUT2D eigenvalue weighted by Crippen LogP contribution is 2.12. The number of amides is 2. The number of aromatic nitrogens is 1. The van der Waals surface area contributed by atoms with Gasteiger partial charge in [0.05, 0.1) is 6.54 Å². The van der Waals surface area contributed by atoms with E-state index in [2.05, 4.69) is 13.5 Å². The van der Waals surface area contributed by atoms with Crippen molar-refractivity contribution in [3.05, 3.63) is 72.6 Å². The van der Waals surface area contributed by atoms with Crippen molar-refractivity contribution >= 4 is 11.8 Å². The molecular weight excluding hydrogens is 350 g/mol. The van der Waals surface area contributed by atoms with Gasteiger partial charge in [0.25, 0.3) is 0 Å². The Morgan fingerprint density at radius 2 is 1.79 bits per heavy atom. The smallest absolute Gasteiger partial charge is 0.242 e. The third-order valence-electron chi connectivity index (χ3n) is 4.75. The average Bonchev–Trinajstić information content (AvgIpc) is 3.10. The van der Waals surface area contributed by atoms with Gasteiger partial charge in [0.2, 0.25) is 11.8 Å². The molecule has 2 aromatic rings. The maximum atomic E-state index is 13.1. The van der Waals surface area contributed by atoms with Crippen molar-refractivity contribution < 1.29 is 9.59 Å². The Morgan fingerprint density at radius 3 is 2.39 bits per heavy atom. The molecule has 0 unspecified atom stereocenters. The molecular formula is C23H31N3O2. The van der Waals surface area contributed by atoms with Crippen LogP contribution in [0.5, 0.6) is 0 Å². The lowest BCUT2D eigenvalue weighted by atomic mass is 10.2. The molecule has 0 fully saturated rings. The second-order valence-electron chi connectivity index (χ2n) is 7.01. The van der Waals surface area contributed by atoms with Gasteiger partial charge in [-0.1, -0.05) is 49.8 Å². The largest absolute Gasteiger partial charge is 0.353 e. The van der Waals surface area contributed by atoms with Gasteiger partial charge >= 0.3 is 0 Å². The minimum atomic E-state index is -0.0586. The Hall–Kier alpha value is -2.82. The van der Waals surface area contributed by atoms with Crippen LogP contribution >= 0.6 is 0 Å². The van der Waals surface area contributed by atoms with Gasteiger partial charge in [0, 0.05) is 38.4 Å². The maximum Gasteiger partial charge on any atom is 0.242 e. The molecule has 0 aliphatic rings. The molecule has 1 aromatic carbocycles. The van der Waals surface area contributed by atoms with Gasteiger partial charge in [-0.05, 0) is 24.1 Å². The number of aryl methyl sites for hydroxylation is 1. The molecule has 0 saturated heterocycles. The van der Waals surface area contributed by atoms with Gasteiger partial charge < -0.3 is 14.4 Å². The van der Waals surface area contributed by atoms with Gasteiger partial charge in [0.15, 0.2) is 0 Å². The number of benzene rings is 1. The highest BCUT2D eigenvalue weighted by Gasteiger charge is 2.21. The maximum absolute atomic E-state index is 13.1. The van der Waals surface area contributed by atoms with E-state index >= 15 is 0 Å². The van der Waals surface area contributed by atoms with Crippen molar-refractivity contribution in [1.82, 2.24) is 14.4 Å². The molecule has 0 saturated carbocycles. The SMILES string of the molecule is C=CCN(CC(=O)N(Cc1ccccc1)Cc1cccn1C)C(=O)CCCC. The Morgan fingerprint density at radius 1 is 1.04 bits per heavy atom. The lowest BCUT2D eigenvalue weighted by Crippen LogP contribution is -2.42. The zero-order chi connectivity index (χ0) is 20.4. The molecule has 2 amide bonds. The summed E-state index contributed by atoms with van der Waals surface area (Å²) in [5.41, 5.74) is 2.12. The molecule has 0 bridgehead atoms.